The summed E-state index contributed by atoms with van der Waals surface area (Å²) in [6.07, 6.45) is 4.35. The first-order valence-corrected chi connectivity index (χ1v) is 5.98. The molecule has 1 rings (SSSR count). The van der Waals surface area contributed by atoms with Gasteiger partial charge in [-0.3, -0.25) is 0 Å². The number of allylic oxidation sites excluding steroid dienone is 1. The van der Waals surface area contributed by atoms with Gasteiger partial charge in [-0.25, -0.2) is 0 Å². The summed E-state index contributed by atoms with van der Waals surface area (Å²) in [7, 11) is 4.24. The number of nitrogens with zero attached hydrogens (tertiary/aromatic N) is 1. The number of rotatable bonds is 6. The summed E-state index contributed by atoms with van der Waals surface area (Å²) >= 11 is 0. The fraction of sp³-hybridized carbons (Fsp3) is 0.467. The van der Waals surface area contributed by atoms with Crippen LogP contribution in [-0.2, 0) is 5.41 Å². The van der Waals surface area contributed by atoms with E-state index in [1.54, 1.807) is 0 Å². The Morgan fingerprint density at radius 1 is 1.25 bits per heavy atom. The highest BCUT2D eigenvalue weighted by Crippen LogP contribution is 2.32. The highest BCUT2D eigenvalue weighted by molar-refractivity contribution is 5.30. The van der Waals surface area contributed by atoms with Gasteiger partial charge in [0.2, 0.25) is 0 Å². The Balaban J connectivity index is 2.92. The second-order valence-corrected chi connectivity index (χ2v) is 4.63. The van der Waals surface area contributed by atoms with Crippen LogP contribution in [0.2, 0.25) is 0 Å². The monoisotopic (exact) mass is 217 g/mol. The summed E-state index contributed by atoms with van der Waals surface area (Å²) in [5, 5.41) is 0. The zero-order valence-electron chi connectivity index (χ0n) is 10.7. The Bertz CT molecular complexity index is 315. The third kappa shape index (κ3) is 2.96. The molecule has 0 aliphatic heterocycles. The Kier molecular flexibility index (Phi) is 4.75. The lowest BCUT2D eigenvalue weighted by molar-refractivity contribution is 0.343. The lowest BCUT2D eigenvalue weighted by Gasteiger charge is -2.31. The van der Waals surface area contributed by atoms with Crippen molar-refractivity contribution in [3.63, 3.8) is 0 Å². The first-order valence-electron chi connectivity index (χ1n) is 5.98. The first kappa shape index (κ1) is 13.0. The van der Waals surface area contributed by atoms with Crippen LogP contribution in [0.1, 0.15) is 25.3 Å². The Morgan fingerprint density at radius 2 is 1.88 bits per heavy atom. The van der Waals surface area contributed by atoms with Crippen molar-refractivity contribution in [1.29, 1.82) is 0 Å². The van der Waals surface area contributed by atoms with E-state index in [1.807, 2.05) is 0 Å². The first-order chi connectivity index (χ1) is 7.64. The van der Waals surface area contributed by atoms with Gasteiger partial charge >= 0.3 is 0 Å². The molecule has 1 unspecified atom stereocenters. The summed E-state index contributed by atoms with van der Waals surface area (Å²) in [5.41, 5.74) is 1.51. The van der Waals surface area contributed by atoms with Crippen LogP contribution in [0.5, 0.6) is 0 Å². The van der Waals surface area contributed by atoms with Crippen LogP contribution in [0.15, 0.2) is 43.0 Å². The quantitative estimate of drug-likeness (QED) is 0.659. The molecule has 0 aliphatic rings. The van der Waals surface area contributed by atoms with E-state index in [1.165, 1.54) is 5.56 Å². The van der Waals surface area contributed by atoms with Crippen molar-refractivity contribution >= 4 is 0 Å². The van der Waals surface area contributed by atoms with Crippen molar-refractivity contribution in [3.05, 3.63) is 48.6 Å². The lowest BCUT2D eigenvalue weighted by Crippen LogP contribution is -2.28. The summed E-state index contributed by atoms with van der Waals surface area (Å²) in [6, 6.07) is 10.7. The highest BCUT2D eigenvalue weighted by Gasteiger charge is 2.26. The molecule has 0 bridgehead atoms. The molecule has 16 heavy (non-hydrogen) atoms. The molecule has 88 valence electrons. The van der Waals surface area contributed by atoms with Crippen LogP contribution in [-0.4, -0.2) is 25.5 Å². The Morgan fingerprint density at radius 3 is 2.31 bits per heavy atom. The predicted octanol–water partition coefficient (Wildman–Crippen LogP) is 3.47. The van der Waals surface area contributed by atoms with Gasteiger partial charge in [0.15, 0.2) is 0 Å². The zero-order chi connectivity index (χ0) is 12.0. The largest absolute Gasteiger partial charge is 0.309 e. The molecule has 1 aromatic carbocycles. The molecule has 0 aliphatic carbocycles. The molecule has 1 aromatic rings. The van der Waals surface area contributed by atoms with Crippen molar-refractivity contribution in [2.24, 2.45) is 0 Å². The zero-order valence-corrected chi connectivity index (χ0v) is 10.7. The summed E-state index contributed by atoms with van der Waals surface area (Å²) in [5.74, 6) is 0. The van der Waals surface area contributed by atoms with Crippen molar-refractivity contribution in [1.82, 2.24) is 4.90 Å². The molecule has 0 heterocycles. The molecule has 0 saturated carbocycles. The number of hydrogen-bond acceptors (Lipinski definition) is 1. The van der Waals surface area contributed by atoms with E-state index >= 15 is 0 Å². The van der Waals surface area contributed by atoms with E-state index in [0.29, 0.717) is 0 Å². The van der Waals surface area contributed by atoms with Crippen molar-refractivity contribution in [2.45, 2.75) is 25.2 Å². The number of hydrogen-bond donors (Lipinski definition) is 0. The molecule has 0 radical (unpaired) electrons. The fourth-order valence-corrected chi connectivity index (χ4v) is 2.08. The molecule has 0 spiro atoms. The molecule has 1 heteroatoms. The van der Waals surface area contributed by atoms with E-state index in [9.17, 15) is 0 Å². The molecule has 1 atom stereocenters. The highest BCUT2D eigenvalue weighted by atomic mass is 15.0. The van der Waals surface area contributed by atoms with Gasteiger partial charge in [0.1, 0.15) is 0 Å². The molecule has 0 N–H and O–H groups in total. The Hall–Kier alpha value is -1.08. The van der Waals surface area contributed by atoms with Crippen LogP contribution in [0.3, 0.4) is 0 Å². The van der Waals surface area contributed by atoms with E-state index in [0.717, 1.165) is 19.4 Å². The van der Waals surface area contributed by atoms with Gasteiger partial charge in [0.05, 0.1) is 0 Å². The van der Waals surface area contributed by atoms with Crippen LogP contribution < -0.4 is 0 Å². The van der Waals surface area contributed by atoms with Crippen molar-refractivity contribution in [3.8, 4) is 0 Å². The normalized spacial score (nSPS) is 14.8. The summed E-state index contributed by atoms with van der Waals surface area (Å²) < 4.78 is 0. The minimum absolute atomic E-state index is 0.130. The van der Waals surface area contributed by atoms with Crippen LogP contribution >= 0.6 is 0 Å². The van der Waals surface area contributed by atoms with Gasteiger partial charge in [-0.1, -0.05) is 43.3 Å². The Labute approximate surface area is 99.8 Å². The lowest BCUT2D eigenvalue weighted by atomic mass is 9.75. The third-order valence-electron chi connectivity index (χ3n) is 3.38. The smallest absolute Gasteiger partial charge is 0.0139 e. The number of benzene rings is 1. The van der Waals surface area contributed by atoms with Crippen LogP contribution in [0, 0.1) is 0 Å². The molecular formula is C15H23N. The molecule has 0 amide bonds. The maximum atomic E-state index is 4.04. The average Bonchev–Trinajstić information content (AvgIpc) is 2.32. The summed E-state index contributed by atoms with van der Waals surface area (Å²) in [6.45, 7) is 7.37. The van der Waals surface area contributed by atoms with Crippen LogP contribution in [0.25, 0.3) is 0 Å². The minimum Gasteiger partial charge on any atom is -0.309 e. The summed E-state index contributed by atoms with van der Waals surface area (Å²) in [4.78, 5) is 2.23. The van der Waals surface area contributed by atoms with Crippen LogP contribution in [0.4, 0.5) is 0 Å². The van der Waals surface area contributed by atoms with E-state index in [4.69, 9.17) is 0 Å². The molecule has 0 saturated heterocycles. The minimum atomic E-state index is 0.130. The predicted molar refractivity (Wildman–Crippen MR) is 71.8 cm³/mol. The second-order valence-electron chi connectivity index (χ2n) is 4.63. The van der Waals surface area contributed by atoms with E-state index in [-0.39, 0.29) is 5.41 Å². The van der Waals surface area contributed by atoms with Gasteiger partial charge in [0, 0.05) is 5.41 Å². The topological polar surface area (TPSA) is 3.24 Å². The van der Waals surface area contributed by atoms with Gasteiger partial charge < -0.3 is 4.90 Å². The average molecular weight is 217 g/mol. The second kappa shape index (κ2) is 5.86. The molecular weight excluding hydrogens is 194 g/mol. The SMILES string of the molecule is C=CC(CC)(CCN(C)C)c1ccccc1. The third-order valence-corrected chi connectivity index (χ3v) is 3.38. The maximum Gasteiger partial charge on any atom is 0.0139 e. The van der Waals surface area contributed by atoms with Gasteiger partial charge in [-0.15, -0.1) is 6.58 Å². The van der Waals surface area contributed by atoms with E-state index < -0.39 is 0 Å². The standard InChI is InChI=1S/C15H23N/c1-5-15(6-2,12-13-16(3)4)14-10-8-7-9-11-14/h5,7-11H,1,6,12-13H2,2-4H3. The fourth-order valence-electron chi connectivity index (χ4n) is 2.08. The molecule has 1 nitrogen and oxygen atoms in total. The van der Waals surface area contributed by atoms with Gasteiger partial charge in [-0.2, -0.15) is 0 Å². The van der Waals surface area contributed by atoms with Crippen molar-refractivity contribution in [2.75, 3.05) is 20.6 Å². The molecule has 0 fully saturated rings. The molecule has 0 aromatic heterocycles. The van der Waals surface area contributed by atoms with Gasteiger partial charge in [-0.05, 0) is 39.0 Å². The van der Waals surface area contributed by atoms with Gasteiger partial charge in [0.25, 0.3) is 0 Å². The maximum absolute atomic E-state index is 4.04. The van der Waals surface area contributed by atoms with E-state index in [2.05, 4.69) is 68.9 Å². The van der Waals surface area contributed by atoms with Crippen molar-refractivity contribution < 1.29 is 0 Å².